The standard InChI is InChI=1S/C42H53N12O6PS.CH4/c1-28(2)54(29(3)4)61(26-43)60-35-24-36(59-42(35,5)25-55)53-27-45-38(48-40(56)30-12-9-8-10-13-30)37-39(53)49-41(47-37)44-22-11-23-46-62(57,58)34-20-16-32(17-21-34)51-50-31-14-18-33(19-15-31)52(6)7;/h8-10,12-21,27-29,35-36,46,55H,11,22-25H2,1-7H3,(H2,44,47,48,49,50,51,56);1H4/p+1/i55T;1D. The Morgan fingerprint density at radius 2 is 1.76 bits per heavy atom. The lowest BCUT2D eigenvalue weighted by atomic mass is 10.0. The van der Waals surface area contributed by atoms with Gasteiger partial charge < -0.3 is 29.6 Å². The number of nitriles is 1. The zero-order valence-electron chi connectivity index (χ0n) is 38.8. The summed E-state index contributed by atoms with van der Waals surface area (Å²) in [5, 5.41) is 29.7. The monoisotopic (exact) mass is 904 g/mol. The number of nitrogens with one attached hydrogen (secondary N) is 4. The van der Waals surface area contributed by atoms with E-state index in [9.17, 15) is 18.5 Å². The molecule has 0 aliphatic carbocycles. The zero-order chi connectivity index (χ0) is 47.3. The molecule has 5 N–H and O–H groups in total. The van der Waals surface area contributed by atoms with E-state index in [-0.39, 0.29) is 48.3 Å². The summed E-state index contributed by atoms with van der Waals surface area (Å²) in [6, 6.07) is 22.5. The Balaban J connectivity index is 0.00000391. The zero-order valence-corrected chi connectivity index (χ0v) is 38.5. The Morgan fingerprint density at radius 3 is 2.37 bits per heavy atom. The molecule has 20 heteroatoms. The maximum absolute atomic E-state index is 13.3. The molecule has 4 unspecified atom stereocenters. The SMILES string of the molecule is [2H]C.[3H]OCC1(C)OC([n+]2cnc(NC(=O)c3ccccc3)c3[nH]c(NCCCNS(=O)(=O)c4ccc(N=Nc5ccc(N(C)C)cc5)cc4)nc32)CC1OP(C#N)N(C(C)C)C(C)C. The second-order valence-electron chi connectivity index (χ2n) is 15.7. The Kier molecular flexibility index (Phi) is 15.4. The Hall–Kier alpha value is -5.45. The van der Waals surface area contributed by atoms with Gasteiger partial charge in [0.2, 0.25) is 31.9 Å². The molecule has 0 radical (unpaired) electrons. The first-order valence-electron chi connectivity index (χ1n) is 21.6. The number of anilines is 3. The number of aromatic amines is 1. The second kappa shape index (κ2) is 21.3. The van der Waals surface area contributed by atoms with Crippen LogP contribution >= 0.6 is 8.30 Å². The third kappa shape index (κ3) is 11.8. The number of aromatic nitrogens is 4. The van der Waals surface area contributed by atoms with Crippen molar-refractivity contribution >= 4 is 64.2 Å². The number of hydrogen-bond donors (Lipinski definition) is 5. The van der Waals surface area contributed by atoms with Gasteiger partial charge in [-0.15, -0.1) is 0 Å². The first-order valence-corrected chi connectivity index (χ1v) is 22.9. The van der Waals surface area contributed by atoms with Crippen molar-refractivity contribution in [3.05, 3.63) is 90.8 Å². The molecule has 1 amide bonds. The number of nitrogens with zero attached hydrogens (tertiary/aromatic N) is 8. The normalized spacial score (nSPS) is 18.5. The molecule has 1 aliphatic heterocycles. The molecular formula is C43H58N12O6PS+. The van der Waals surface area contributed by atoms with Crippen LogP contribution < -0.4 is 24.8 Å². The van der Waals surface area contributed by atoms with Gasteiger partial charge >= 0.3 is 0 Å². The minimum Gasteiger partial charge on any atom is -0.393 e. The Labute approximate surface area is 373 Å². The van der Waals surface area contributed by atoms with E-state index in [2.05, 4.69) is 41.4 Å². The topological polar surface area (TPSA) is 226 Å². The van der Waals surface area contributed by atoms with Crippen LogP contribution in [0.2, 0.25) is 0 Å². The average Bonchev–Trinajstić information content (AvgIpc) is 3.87. The summed E-state index contributed by atoms with van der Waals surface area (Å²) in [4.78, 5) is 28.0. The first kappa shape index (κ1) is 45.6. The molecule has 6 rings (SSSR count). The summed E-state index contributed by atoms with van der Waals surface area (Å²) in [7, 11) is -0.346. The van der Waals surface area contributed by atoms with Crippen molar-refractivity contribution in [1.82, 2.24) is 24.3 Å². The fourth-order valence-electron chi connectivity index (χ4n) is 6.91. The van der Waals surface area contributed by atoms with Gasteiger partial charge in [-0.05, 0) is 102 Å². The third-order valence-corrected chi connectivity index (χ3v) is 13.6. The highest BCUT2D eigenvalue weighted by molar-refractivity contribution is 7.89. The number of azo groups is 1. The van der Waals surface area contributed by atoms with Crippen LogP contribution in [0.1, 0.15) is 72.8 Å². The number of carbonyl (C=O) groups excluding carboxylic acids is 1. The lowest BCUT2D eigenvalue weighted by Gasteiger charge is -2.36. The lowest BCUT2D eigenvalue weighted by Crippen LogP contribution is -2.44. The van der Waals surface area contributed by atoms with Crippen LogP contribution in [0.4, 0.5) is 28.8 Å². The van der Waals surface area contributed by atoms with E-state index >= 15 is 0 Å². The van der Waals surface area contributed by atoms with E-state index < -0.39 is 36.3 Å². The number of carbonyl (C=O) groups is 1. The van der Waals surface area contributed by atoms with Crippen molar-refractivity contribution in [1.29, 1.82) is 6.69 Å². The van der Waals surface area contributed by atoms with E-state index in [1.54, 1.807) is 47.9 Å². The van der Waals surface area contributed by atoms with E-state index in [0.717, 1.165) is 5.69 Å². The van der Waals surface area contributed by atoms with Crippen LogP contribution in [0.15, 0.2) is 100 Å². The van der Waals surface area contributed by atoms with Gasteiger partial charge in [-0.2, -0.15) is 15.5 Å². The van der Waals surface area contributed by atoms with Crippen molar-refractivity contribution in [2.75, 3.05) is 49.3 Å². The quantitative estimate of drug-likeness (QED) is 0.0224. The number of H-pyrrole nitrogens is 1. The van der Waals surface area contributed by atoms with E-state index in [4.69, 9.17) is 22.2 Å². The van der Waals surface area contributed by atoms with E-state index in [1.165, 1.54) is 25.9 Å². The summed E-state index contributed by atoms with van der Waals surface area (Å²) in [6.45, 7) is 10.2. The van der Waals surface area contributed by atoms with Crippen molar-refractivity contribution in [2.45, 2.75) is 89.8 Å². The van der Waals surface area contributed by atoms with E-state index in [1.807, 2.05) is 81.7 Å². The van der Waals surface area contributed by atoms with Crippen molar-refractivity contribution in [3.8, 4) is 5.81 Å². The van der Waals surface area contributed by atoms with E-state index in [0.29, 0.717) is 47.0 Å². The molecule has 4 atom stereocenters. The fraction of sp³-hybridized carbons (Fsp3) is 0.419. The number of hydrogen-bond acceptors (Lipinski definition) is 14. The van der Waals surface area contributed by atoms with Gasteiger partial charge in [0.15, 0.2) is 11.7 Å². The summed E-state index contributed by atoms with van der Waals surface area (Å²) in [5.41, 5.74) is 2.33. The van der Waals surface area contributed by atoms with Gasteiger partial charge in [0, 0.05) is 58.3 Å². The smallest absolute Gasteiger partial charge is 0.298 e. The number of amides is 1. The Morgan fingerprint density at radius 1 is 1.11 bits per heavy atom. The number of fused-ring (bicyclic) bond motifs is 1. The number of rotatable bonds is 20. The predicted octanol–water partition coefficient (Wildman–Crippen LogP) is 7.36. The van der Waals surface area contributed by atoms with Crippen LogP contribution in [-0.4, -0.2) is 98.1 Å². The second-order valence-corrected chi connectivity index (χ2v) is 18.9. The van der Waals surface area contributed by atoms with Crippen LogP contribution in [0.3, 0.4) is 0 Å². The molecule has 1 aliphatic rings. The molecule has 0 saturated carbocycles. The molecule has 336 valence electrons. The Bertz CT molecular complexity index is 2510. The fourth-order valence-corrected chi connectivity index (χ4v) is 9.63. The molecule has 3 aromatic carbocycles. The number of imidazole rings is 1. The highest BCUT2D eigenvalue weighted by atomic mass is 32.2. The average molecular weight is 905 g/mol. The van der Waals surface area contributed by atoms with Gasteiger partial charge in [0.05, 0.1) is 22.9 Å². The van der Waals surface area contributed by atoms with Gasteiger partial charge in [-0.25, -0.2) is 22.4 Å². The highest BCUT2D eigenvalue weighted by Gasteiger charge is 2.50. The molecule has 1 saturated heterocycles. The van der Waals surface area contributed by atoms with Gasteiger partial charge in [-0.1, -0.05) is 35.6 Å². The first-order chi connectivity index (χ1) is 31.1. The highest BCUT2D eigenvalue weighted by Crippen LogP contribution is 2.50. The molecule has 2 aromatic heterocycles. The van der Waals surface area contributed by atoms with Crippen molar-refractivity contribution in [2.24, 2.45) is 10.2 Å². The minimum absolute atomic E-state index is 0.0407. The number of sulfonamides is 1. The molecule has 0 spiro atoms. The molecule has 1 fully saturated rings. The third-order valence-electron chi connectivity index (χ3n) is 10.2. The summed E-state index contributed by atoms with van der Waals surface area (Å²) in [6.07, 6.45) is 0.828. The largest absolute Gasteiger partial charge is 0.393 e. The number of ether oxygens (including phenoxy) is 1. The van der Waals surface area contributed by atoms with Crippen LogP contribution in [0.5, 0.6) is 0 Å². The van der Waals surface area contributed by atoms with Crippen LogP contribution in [0.25, 0.3) is 11.2 Å². The van der Waals surface area contributed by atoms with Crippen molar-refractivity contribution in [3.63, 3.8) is 0 Å². The molecule has 0 bridgehead atoms. The molecule has 5 aromatic rings. The van der Waals surface area contributed by atoms with Gasteiger partial charge in [0.1, 0.15) is 17.5 Å². The molecule has 18 nitrogen and oxygen atoms in total. The van der Waals surface area contributed by atoms with Gasteiger partial charge in [0.25, 0.3) is 17.5 Å². The maximum atomic E-state index is 13.3. The van der Waals surface area contributed by atoms with Crippen LogP contribution in [-0.2, 0) is 19.3 Å². The van der Waals surface area contributed by atoms with Crippen molar-refractivity contribution < 1.29 is 33.5 Å². The maximum Gasteiger partial charge on any atom is 0.298 e. The molecule has 3 heterocycles. The number of aliphatic hydroxyl groups is 1. The number of aliphatic hydroxyl groups excluding tert-OH is 1. The number of benzene rings is 3. The van der Waals surface area contributed by atoms with Gasteiger partial charge in [-0.3, -0.25) is 10.1 Å². The predicted molar refractivity (Wildman–Crippen MR) is 245 cm³/mol. The summed E-state index contributed by atoms with van der Waals surface area (Å²) >= 11 is 0. The summed E-state index contributed by atoms with van der Waals surface area (Å²) < 4.78 is 59.1. The molecular weight excluding hydrogens is 844 g/mol. The minimum atomic E-state index is -3.81. The summed E-state index contributed by atoms with van der Waals surface area (Å²) in [5.74, 6) is 2.53. The molecule has 63 heavy (non-hydrogen) atoms. The lowest BCUT2D eigenvalue weighted by molar-refractivity contribution is -0.742. The van der Waals surface area contributed by atoms with Crippen LogP contribution in [0, 0.1) is 11.1 Å².